The highest BCUT2D eigenvalue weighted by Crippen LogP contribution is 2.19. The van der Waals surface area contributed by atoms with E-state index in [0.29, 0.717) is 0 Å². The fourth-order valence-electron chi connectivity index (χ4n) is 1.98. The van der Waals surface area contributed by atoms with Gasteiger partial charge in [0.25, 0.3) is 0 Å². The lowest BCUT2D eigenvalue weighted by molar-refractivity contribution is -0.116. The van der Waals surface area contributed by atoms with Crippen LogP contribution in [0.25, 0.3) is 0 Å². The predicted octanol–water partition coefficient (Wildman–Crippen LogP) is 2.08. The van der Waals surface area contributed by atoms with Gasteiger partial charge >= 0.3 is 0 Å². The molecule has 5 nitrogen and oxygen atoms in total. The summed E-state index contributed by atoms with van der Waals surface area (Å²) in [5, 5.41) is 2.84. The van der Waals surface area contributed by atoms with Crippen molar-refractivity contribution in [2.75, 3.05) is 24.7 Å². The molecular weight excluding hydrogens is 288 g/mol. The van der Waals surface area contributed by atoms with Crippen molar-refractivity contribution >= 4 is 21.6 Å². The van der Waals surface area contributed by atoms with Gasteiger partial charge in [-0.15, -0.1) is 6.58 Å². The van der Waals surface area contributed by atoms with Crippen molar-refractivity contribution in [2.45, 2.75) is 20.3 Å². The van der Waals surface area contributed by atoms with Crippen molar-refractivity contribution in [3.8, 4) is 0 Å². The second-order valence-corrected chi connectivity index (χ2v) is 6.96. The minimum absolute atomic E-state index is 0.106. The molecule has 1 N–H and O–H groups in total. The smallest absolute Gasteiger partial charge is 0.225 e. The summed E-state index contributed by atoms with van der Waals surface area (Å²) < 4.78 is 24.3. The number of hydrogen-bond acceptors (Lipinski definition) is 3. The summed E-state index contributed by atoms with van der Waals surface area (Å²) in [5.74, 6) is -0.204. The molecule has 6 heteroatoms. The van der Waals surface area contributed by atoms with Crippen LogP contribution in [0.2, 0.25) is 0 Å². The Morgan fingerprint density at radius 1 is 1.33 bits per heavy atom. The molecule has 0 spiro atoms. The Kier molecular flexibility index (Phi) is 6.11. The van der Waals surface area contributed by atoms with E-state index < -0.39 is 10.0 Å². The molecule has 1 aromatic rings. The van der Waals surface area contributed by atoms with E-state index >= 15 is 0 Å². The molecule has 1 amide bonds. The summed E-state index contributed by atoms with van der Waals surface area (Å²) in [6.45, 7) is 7.71. The van der Waals surface area contributed by atoms with E-state index in [1.807, 2.05) is 32.0 Å². The van der Waals surface area contributed by atoms with Gasteiger partial charge in [-0.3, -0.25) is 4.79 Å². The molecule has 0 heterocycles. The summed E-state index contributed by atoms with van der Waals surface area (Å²) in [6, 6.07) is 5.77. The number of carbonyl (C=O) groups is 1. The molecule has 1 aromatic carbocycles. The van der Waals surface area contributed by atoms with E-state index in [0.717, 1.165) is 23.1 Å². The molecule has 0 radical (unpaired) electrons. The van der Waals surface area contributed by atoms with Crippen molar-refractivity contribution in [1.82, 2.24) is 4.31 Å². The number of carbonyl (C=O) groups excluding carboxylic acids is 1. The number of nitrogens with one attached hydrogen (secondary N) is 1. The van der Waals surface area contributed by atoms with Gasteiger partial charge in [-0.25, -0.2) is 8.42 Å². The average Bonchev–Trinajstić information content (AvgIpc) is 2.37. The predicted molar refractivity (Wildman–Crippen MR) is 85.8 cm³/mol. The summed E-state index contributed by atoms with van der Waals surface area (Å²) in [5.41, 5.74) is 2.75. The zero-order chi connectivity index (χ0) is 16.0. The average molecular weight is 310 g/mol. The highest BCUT2D eigenvalue weighted by molar-refractivity contribution is 7.88. The molecule has 0 aromatic heterocycles. The third-order valence-electron chi connectivity index (χ3n) is 3.14. The second kappa shape index (κ2) is 7.38. The molecule has 0 aliphatic carbocycles. The van der Waals surface area contributed by atoms with Gasteiger partial charge in [0.2, 0.25) is 15.9 Å². The minimum atomic E-state index is -3.33. The van der Waals surface area contributed by atoms with Crippen LogP contribution in [-0.4, -0.2) is 38.0 Å². The lowest BCUT2D eigenvalue weighted by Gasteiger charge is -2.18. The first-order chi connectivity index (χ1) is 9.75. The molecular formula is C15H22N2O3S. The normalized spacial score (nSPS) is 11.4. The van der Waals surface area contributed by atoms with Gasteiger partial charge in [-0.2, -0.15) is 4.31 Å². The van der Waals surface area contributed by atoms with Crippen LogP contribution in [0.1, 0.15) is 17.5 Å². The first kappa shape index (κ1) is 17.4. The number of benzene rings is 1. The number of aryl methyl sites for hydroxylation is 2. The van der Waals surface area contributed by atoms with Crippen LogP contribution < -0.4 is 5.32 Å². The first-order valence-corrected chi connectivity index (χ1v) is 8.52. The molecule has 21 heavy (non-hydrogen) atoms. The van der Waals surface area contributed by atoms with Gasteiger partial charge in [0.1, 0.15) is 0 Å². The maximum absolute atomic E-state index is 12.0. The number of para-hydroxylation sites is 1. The number of anilines is 1. The van der Waals surface area contributed by atoms with Gasteiger partial charge < -0.3 is 5.32 Å². The van der Waals surface area contributed by atoms with Crippen molar-refractivity contribution in [1.29, 1.82) is 0 Å². The van der Waals surface area contributed by atoms with Crippen molar-refractivity contribution in [2.24, 2.45) is 0 Å². The van der Waals surface area contributed by atoms with E-state index in [4.69, 9.17) is 0 Å². The van der Waals surface area contributed by atoms with Crippen molar-refractivity contribution in [3.63, 3.8) is 0 Å². The Morgan fingerprint density at radius 3 is 2.38 bits per heavy atom. The van der Waals surface area contributed by atoms with E-state index in [1.54, 1.807) is 0 Å². The topological polar surface area (TPSA) is 66.5 Å². The summed E-state index contributed by atoms with van der Waals surface area (Å²) in [7, 11) is -3.33. The lowest BCUT2D eigenvalue weighted by atomic mass is 10.1. The highest BCUT2D eigenvalue weighted by Gasteiger charge is 2.16. The molecule has 0 atom stereocenters. The molecule has 0 saturated carbocycles. The van der Waals surface area contributed by atoms with Gasteiger partial charge in [0.05, 0.1) is 6.26 Å². The van der Waals surface area contributed by atoms with Crippen LogP contribution in [0.3, 0.4) is 0 Å². The largest absolute Gasteiger partial charge is 0.326 e. The molecule has 0 aliphatic heterocycles. The third-order valence-corrected chi connectivity index (χ3v) is 4.41. The third kappa shape index (κ3) is 5.32. The quantitative estimate of drug-likeness (QED) is 0.784. The molecule has 116 valence electrons. The van der Waals surface area contributed by atoms with Crippen LogP contribution in [-0.2, 0) is 14.8 Å². The van der Waals surface area contributed by atoms with E-state index in [1.165, 1.54) is 10.4 Å². The van der Waals surface area contributed by atoms with E-state index in [-0.39, 0.29) is 25.4 Å². The van der Waals surface area contributed by atoms with E-state index in [9.17, 15) is 13.2 Å². The van der Waals surface area contributed by atoms with E-state index in [2.05, 4.69) is 11.9 Å². The summed E-state index contributed by atoms with van der Waals surface area (Å²) in [6.07, 6.45) is 2.74. The molecule has 0 bridgehead atoms. The number of rotatable bonds is 7. The van der Waals surface area contributed by atoms with Crippen LogP contribution in [0.15, 0.2) is 30.9 Å². The number of sulfonamides is 1. The highest BCUT2D eigenvalue weighted by atomic mass is 32.2. The SMILES string of the molecule is C=CCN(CCC(=O)Nc1c(C)cccc1C)S(C)(=O)=O. The van der Waals surface area contributed by atoms with Crippen LogP contribution in [0, 0.1) is 13.8 Å². The monoisotopic (exact) mass is 310 g/mol. The Hall–Kier alpha value is -1.66. The van der Waals surface area contributed by atoms with Gasteiger partial charge in [-0.05, 0) is 25.0 Å². The number of hydrogen-bond donors (Lipinski definition) is 1. The van der Waals surface area contributed by atoms with Crippen molar-refractivity contribution < 1.29 is 13.2 Å². The Labute approximate surface area is 126 Å². The lowest BCUT2D eigenvalue weighted by Crippen LogP contribution is -2.33. The molecule has 1 rings (SSSR count). The fraction of sp³-hybridized carbons (Fsp3) is 0.400. The molecule has 0 fully saturated rings. The first-order valence-electron chi connectivity index (χ1n) is 6.67. The van der Waals surface area contributed by atoms with Gasteiger partial charge in [0, 0.05) is 25.2 Å². The Morgan fingerprint density at radius 2 is 1.90 bits per heavy atom. The number of amides is 1. The maximum atomic E-state index is 12.0. The standard InChI is InChI=1S/C15H22N2O3S/c1-5-10-17(21(4,19)20)11-9-14(18)16-15-12(2)7-6-8-13(15)3/h5-8H,1,9-11H2,2-4H3,(H,16,18). The fourth-order valence-corrected chi connectivity index (χ4v) is 2.78. The zero-order valence-electron chi connectivity index (χ0n) is 12.7. The van der Waals surface area contributed by atoms with Crippen LogP contribution in [0.5, 0.6) is 0 Å². The molecule has 0 aliphatic rings. The Bertz CT molecular complexity index is 604. The molecule has 0 saturated heterocycles. The number of nitrogens with zero attached hydrogens (tertiary/aromatic N) is 1. The summed E-state index contributed by atoms with van der Waals surface area (Å²) >= 11 is 0. The minimum Gasteiger partial charge on any atom is -0.326 e. The maximum Gasteiger partial charge on any atom is 0.225 e. The van der Waals surface area contributed by atoms with Crippen molar-refractivity contribution in [3.05, 3.63) is 42.0 Å². The summed E-state index contributed by atoms with van der Waals surface area (Å²) in [4.78, 5) is 12.0. The Balaban J connectivity index is 2.68. The second-order valence-electron chi connectivity index (χ2n) is 4.97. The van der Waals surface area contributed by atoms with Gasteiger partial charge in [0.15, 0.2) is 0 Å². The van der Waals surface area contributed by atoms with Crippen LogP contribution >= 0.6 is 0 Å². The van der Waals surface area contributed by atoms with Gasteiger partial charge in [-0.1, -0.05) is 24.3 Å². The zero-order valence-corrected chi connectivity index (χ0v) is 13.5. The van der Waals surface area contributed by atoms with Crippen LogP contribution in [0.4, 0.5) is 5.69 Å². The molecule has 0 unspecified atom stereocenters.